The van der Waals surface area contributed by atoms with Crippen LogP contribution in [0.1, 0.15) is 18.1 Å². The lowest BCUT2D eigenvalue weighted by Crippen LogP contribution is -2.23. The van der Waals surface area contributed by atoms with Gasteiger partial charge in [-0.25, -0.2) is 0 Å². The van der Waals surface area contributed by atoms with E-state index in [0.29, 0.717) is 18.5 Å². The number of phenolic OH excluding ortho intramolecular Hbond substituents is 1. The predicted octanol–water partition coefficient (Wildman–Crippen LogP) is -0.0218. The van der Waals surface area contributed by atoms with E-state index in [-0.39, 0.29) is 11.4 Å². The van der Waals surface area contributed by atoms with Crippen molar-refractivity contribution in [3.05, 3.63) is 23.8 Å². The van der Waals surface area contributed by atoms with Gasteiger partial charge in [-0.3, -0.25) is 0 Å². The SMILES string of the molecule is CNCCC(O)C(O)c1ccc(O)cc1N. The molecule has 0 fully saturated rings. The fourth-order valence-corrected chi connectivity index (χ4v) is 1.49. The Labute approximate surface area is 94.5 Å². The van der Waals surface area contributed by atoms with Crippen LogP contribution in [0.25, 0.3) is 0 Å². The van der Waals surface area contributed by atoms with E-state index < -0.39 is 12.2 Å². The number of phenols is 1. The van der Waals surface area contributed by atoms with Crippen molar-refractivity contribution < 1.29 is 15.3 Å². The molecule has 0 amide bonds. The summed E-state index contributed by atoms with van der Waals surface area (Å²) in [6.07, 6.45) is -1.48. The summed E-state index contributed by atoms with van der Waals surface area (Å²) in [6, 6.07) is 4.29. The van der Waals surface area contributed by atoms with E-state index in [1.165, 1.54) is 18.2 Å². The number of hydrogen-bond acceptors (Lipinski definition) is 5. The van der Waals surface area contributed by atoms with Gasteiger partial charge in [0.1, 0.15) is 11.9 Å². The Morgan fingerprint density at radius 2 is 2.06 bits per heavy atom. The van der Waals surface area contributed by atoms with Gasteiger partial charge in [-0.1, -0.05) is 6.07 Å². The second kappa shape index (κ2) is 5.69. The number of nitrogen functional groups attached to an aromatic ring is 1. The first-order valence-corrected chi connectivity index (χ1v) is 5.15. The Morgan fingerprint density at radius 1 is 1.38 bits per heavy atom. The Kier molecular flexibility index (Phi) is 4.54. The number of nitrogens with two attached hydrogens (primary N) is 1. The van der Waals surface area contributed by atoms with Crippen molar-refractivity contribution in [2.45, 2.75) is 18.6 Å². The van der Waals surface area contributed by atoms with Gasteiger partial charge < -0.3 is 26.4 Å². The van der Waals surface area contributed by atoms with Gasteiger partial charge >= 0.3 is 0 Å². The number of nitrogens with one attached hydrogen (secondary N) is 1. The minimum absolute atomic E-state index is 0.0400. The third-order valence-electron chi connectivity index (χ3n) is 2.44. The maximum atomic E-state index is 9.85. The van der Waals surface area contributed by atoms with Crippen molar-refractivity contribution in [1.29, 1.82) is 0 Å². The molecule has 0 heterocycles. The lowest BCUT2D eigenvalue weighted by Gasteiger charge is -2.19. The van der Waals surface area contributed by atoms with Crippen LogP contribution in [0.3, 0.4) is 0 Å². The number of rotatable bonds is 5. The van der Waals surface area contributed by atoms with Gasteiger partial charge in [0.15, 0.2) is 0 Å². The van der Waals surface area contributed by atoms with Crippen LogP contribution < -0.4 is 11.1 Å². The summed E-state index contributed by atoms with van der Waals surface area (Å²) < 4.78 is 0. The molecule has 90 valence electrons. The third kappa shape index (κ3) is 3.10. The summed E-state index contributed by atoms with van der Waals surface area (Å²) in [5.41, 5.74) is 6.35. The summed E-state index contributed by atoms with van der Waals surface area (Å²) in [6.45, 7) is 0.607. The molecule has 1 aromatic rings. The predicted molar refractivity (Wildman–Crippen MR) is 62.0 cm³/mol. The Balaban J connectivity index is 2.75. The van der Waals surface area contributed by atoms with E-state index in [4.69, 9.17) is 10.8 Å². The minimum Gasteiger partial charge on any atom is -0.508 e. The molecule has 1 rings (SSSR count). The quantitative estimate of drug-likeness (QED) is 0.454. The molecule has 0 radical (unpaired) electrons. The average molecular weight is 226 g/mol. The van der Waals surface area contributed by atoms with Gasteiger partial charge in [0.25, 0.3) is 0 Å². The zero-order chi connectivity index (χ0) is 12.1. The van der Waals surface area contributed by atoms with Crippen molar-refractivity contribution in [3.63, 3.8) is 0 Å². The monoisotopic (exact) mass is 226 g/mol. The molecule has 0 bridgehead atoms. The second-order valence-electron chi connectivity index (χ2n) is 3.72. The van der Waals surface area contributed by atoms with Crippen molar-refractivity contribution in [3.8, 4) is 5.75 Å². The van der Waals surface area contributed by atoms with Crippen LogP contribution in [-0.2, 0) is 0 Å². The number of benzene rings is 1. The molecule has 0 saturated carbocycles. The number of aliphatic hydroxyl groups is 2. The maximum Gasteiger partial charge on any atom is 0.117 e. The lowest BCUT2D eigenvalue weighted by atomic mass is 10.0. The summed E-state index contributed by atoms with van der Waals surface area (Å²) in [5.74, 6) is 0.0400. The van der Waals surface area contributed by atoms with Gasteiger partial charge in [-0.15, -0.1) is 0 Å². The van der Waals surface area contributed by atoms with Gasteiger partial charge in [-0.2, -0.15) is 0 Å². The van der Waals surface area contributed by atoms with Crippen molar-refractivity contribution in [2.24, 2.45) is 0 Å². The summed E-state index contributed by atoms with van der Waals surface area (Å²) >= 11 is 0. The normalized spacial score (nSPS) is 14.7. The van der Waals surface area contributed by atoms with Crippen LogP contribution in [0.2, 0.25) is 0 Å². The molecule has 0 spiro atoms. The van der Waals surface area contributed by atoms with Gasteiger partial charge in [-0.05, 0) is 26.1 Å². The molecule has 5 nitrogen and oxygen atoms in total. The van der Waals surface area contributed by atoms with E-state index in [1.54, 1.807) is 7.05 Å². The molecule has 16 heavy (non-hydrogen) atoms. The third-order valence-corrected chi connectivity index (χ3v) is 2.44. The zero-order valence-corrected chi connectivity index (χ0v) is 9.22. The molecule has 1 aromatic carbocycles. The van der Waals surface area contributed by atoms with Crippen LogP contribution >= 0.6 is 0 Å². The van der Waals surface area contributed by atoms with Crippen LogP contribution in [-0.4, -0.2) is 35.0 Å². The van der Waals surface area contributed by atoms with E-state index >= 15 is 0 Å². The van der Waals surface area contributed by atoms with Crippen LogP contribution in [0.5, 0.6) is 5.75 Å². The number of hydrogen-bond donors (Lipinski definition) is 5. The standard InChI is InChI=1S/C11H18N2O3/c1-13-5-4-10(15)11(16)8-3-2-7(14)6-9(8)12/h2-3,6,10-11,13-16H,4-5,12H2,1H3. The highest BCUT2D eigenvalue weighted by atomic mass is 16.3. The van der Waals surface area contributed by atoms with Gasteiger partial charge in [0.05, 0.1) is 6.10 Å². The number of aliphatic hydroxyl groups excluding tert-OH is 2. The van der Waals surface area contributed by atoms with E-state index in [0.717, 1.165) is 0 Å². The fraction of sp³-hybridized carbons (Fsp3) is 0.455. The van der Waals surface area contributed by atoms with Crippen molar-refractivity contribution in [2.75, 3.05) is 19.3 Å². The van der Waals surface area contributed by atoms with E-state index in [9.17, 15) is 10.2 Å². The van der Waals surface area contributed by atoms with Crippen LogP contribution in [0, 0.1) is 0 Å². The first-order chi connectivity index (χ1) is 7.56. The molecular weight excluding hydrogens is 208 g/mol. The molecule has 0 saturated heterocycles. The molecule has 6 N–H and O–H groups in total. The van der Waals surface area contributed by atoms with Crippen LogP contribution in [0.4, 0.5) is 5.69 Å². The molecular formula is C11H18N2O3. The molecule has 0 aliphatic rings. The largest absolute Gasteiger partial charge is 0.508 e. The highest BCUT2D eigenvalue weighted by Crippen LogP contribution is 2.27. The second-order valence-corrected chi connectivity index (χ2v) is 3.72. The maximum absolute atomic E-state index is 9.85. The summed E-state index contributed by atoms with van der Waals surface area (Å²) in [5, 5.41) is 31.6. The first-order valence-electron chi connectivity index (χ1n) is 5.15. The number of anilines is 1. The van der Waals surface area contributed by atoms with E-state index in [1.807, 2.05) is 0 Å². The Bertz CT molecular complexity index is 344. The Morgan fingerprint density at radius 3 is 2.62 bits per heavy atom. The molecule has 0 aliphatic heterocycles. The highest BCUT2D eigenvalue weighted by molar-refractivity contribution is 5.52. The molecule has 2 unspecified atom stereocenters. The Hall–Kier alpha value is -1.30. The summed E-state index contributed by atoms with van der Waals surface area (Å²) in [7, 11) is 1.77. The number of aromatic hydroxyl groups is 1. The van der Waals surface area contributed by atoms with Crippen LogP contribution in [0.15, 0.2) is 18.2 Å². The zero-order valence-electron chi connectivity index (χ0n) is 9.22. The fourth-order valence-electron chi connectivity index (χ4n) is 1.49. The molecule has 5 heteroatoms. The average Bonchev–Trinajstić information content (AvgIpc) is 2.25. The van der Waals surface area contributed by atoms with Crippen molar-refractivity contribution >= 4 is 5.69 Å². The van der Waals surface area contributed by atoms with E-state index in [2.05, 4.69) is 5.32 Å². The molecule has 0 aromatic heterocycles. The summed E-state index contributed by atoms with van der Waals surface area (Å²) in [4.78, 5) is 0. The molecule has 0 aliphatic carbocycles. The van der Waals surface area contributed by atoms with Crippen molar-refractivity contribution in [1.82, 2.24) is 5.32 Å². The topological polar surface area (TPSA) is 98.7 Å². The lowest BCUT2D eigenvalue weighted by molar-refractivity contribution is 0.0144. The first kappa shape index (κ1) is 12.8. The van der Waals surface area contributed by atoms with Gasteiger partial charge in [0, 0.05) is 17.3 Å². The van der Waals surface area contributed by atoms with Gasteiger partial charge in [0.2, 0.25) is 0 Å². The smallest absolute Gasteiger partial charge is 0.117 e. The molecule has 2 atom stereocenters. The highest BCUT2D eigenvalue weighted by Gasteiger charge is 2.19. The minimum atomic E-state index is -1.03.